The quantitative estimate of drug-likeness (QED) is 0.601. The van der Waals surface area contributed by atoms with Gasteiger partial charge in [0.15, 0.2) is 0 Å². The maximum absolute atomic E-state index is 14.0. The first-order valence-electron chi connectivity index (χ1n) is 10.7. The summed E-state index contributed by atoms with van der Waals surface area (Å²) in [5.41, 5.74) is -2.72. The third-order valence-electron chi connectivity index (χ3n) is 7.18. The molecule has 0 aromatic rings. The lowest BCUT2D eigenvalue weighted by Crippen LogP contribution is -2.61. The molecule has 2 bridgehead atoms. The maximum Gasteiger partial charge on any atom is 0.310 e. The number of carboxylic acids is 1. The second-order valence-corrected chi connectivity index (χ2v) is 9.96. The summed E-state index contributed by atoms with van der Waals surface area (Å²) in [5, 5.41) is 19.9. The number of hydrogen-bond acceptors (Lipinski definition) is 5. The summed E-state index contributed by atoms with van der Waals surface area (Å²) in [6.45, 7) is 13.0. The van der Waals surface area contributed by atoms with Crippen LogP contribution in [-0.2, 0) is 19.1 Å². The Morgan fingerprint density at radius 3 is 2.50 bits per heavy atom. The Kier molecular flexibility index (Phi) is 5.56. The summed E-state index contributed by atoms with van der Waals surface area (Å²) in [6, 6.07) is -1.56. The molecule has 30 heavy (non-hydrogen) atoms. The highest BCUT2D eigenvalue weighted by molar-refractivity contribution is 5.98. The molecule has 168 valence electrons. The van der Waals surface area contributed by atoms with E-state index in [0.29, 0.717) is 19.3 Å². The smallest absolute Gasteiger partial charge is 0.310 e. The van der Waals surface area contributed by atoms with Crippen LogP contribution in [0.5, 0.6) is 0 Å². The van der Waals surface area contributed by atoms with E-state index < -0.39 is 52.5 Å². The van der Waals surface area contributed by atoms with Gasteiger partial charge in [-0.05, 0) is 47.0 Å². The van der Waals surface area contributed by atoms with Gasteiger partial charge in [-0.2, -0.15) is 0 Å². The van der Waals surface area contributed by atoms with Gasteiger partial charge >= 0.3 is 5.97 Å². The van der Waals surface area contributed by atoms with E-state index in [1.54, 1.807) is 17.9 Å². The number of amides is 2. The zero-order chi connectivity index (χ0) is 22.6. The van der Waals surface area contributed by atoms with Crippen molar-refractivity contribution in [3.05, 3.63) is 12.7 Å². The molecule has 0 radical (unpaired) electrons. The molecule has 3 aliphatic heterocycles. The van der Waals surface area contributed by atoms with Crippen molar-refractivity contribution in [1.29, 1.82) is 0 Å². The first-order chi connectivity index (χ1) is 13.9. The van der Waals surface area contributed by atoms with Gasteiger partial charge in [-0.15, -0.1) is 6.58 Å². The van der Waals surface area contributed by atoms with Crippen LogP contribution in [0, 0.1) is 11.8 Å². The molecule has 8 heteroatoms. The molecule has 0 aliphatic carbocycles. The maximum atomic E-state index is 14.0. The van der Waals surface area contributed by atoms with Crippen LogP contribution in [0.1, 0.15) is 53.9 Å². The molecule has 3 rings (SSSR count). The first-order valence-corrected chi connectivity index (χ1v) is 10.7. The van der Waals surface area contributed by atoms with Crippen molar-refractivity contribution in [3.63, 3.8) is 0 Å². The molecule has 2 amide bonds. The zero-order valence-corrected chi connectivity index (χ0v) is 18.6. The fraction of sp³-hybridized carbons (Fsp3) is 0.773. The van der Waals surface area contributed by atoms with E-state index in [0.717, 1.165) is 0 Å². The molecule has 3 heterocycles. The highest BCUT2D eigenvalue weighted by atomic mass is 16.5. The van der Waals surface area contributed by atoms with Crippen molar-refractivity contribution in [2.75, 3.05) is 13.2 Å². The predicted molar refractivity (Wildman–Crippen MR) is 110 cm³/mol. The van der Waals surface area contributed by atoms with Crippen molar-refractivity contribution in [3.8, 4) is 0 Å². The van der Waals surface area contributed by atoms with Crippen LogP contribution in [0.3, 0.4) is 0 Å². The highest BCUT2D eigenvalue weighted by Crippen LogP contribution is 2.63. The average Bonchev–Trinajstić information content (AvgIpc) is 3.21. The number of carboxylic acid groups (broad SMARTS) is 1. The summed E-state index contributed by atoms with van der Waals surface area (Å²) >= 11 is 0. The Labute approximate surface area is 177 Å². The lowest BCUT2D eigenvalue weighted by atomic mass is 9.66. The third-order valence-corrected chi connectivity index (χ3v) is 7.18. The molecule has 2 N–H and O–H groups in total. The molecule has 3 fully saturated rings. The SMILES string of the molecule is C=CCN(C(=O)C1N([C@@H](CC)CO)C(=O)[C@@H]2[C@@H](C(=O)O)[C@@]3(C)CCC12O3)C(C)(C)C. The molecular weight excluding hydrogens is 388 g/mol. The second kappa shape index (κ2) is 7.34. The van der Waals surface area contributed by atoms with Crippen LogP contribution >= 0.6 is 0 Å². The first kappa shape index (κ1) is 22.7. The van der Waals surface area contributed by atoms with Crippen molar-refractivity contribution in [1.82, 2.24) is 9.80 Å². The highest BCUT2D eigenvalue weighted by Gasteiger charge is 2.78. The Morgan fingerprint density at radius 1 is 1.40 bits per heavy atom. The van der Waals surface area contributed by atoms with Gasteiger partial charge < -0.3 is 24.7 Å². The van der Waals surface area contributed by atoms with Gasteiger partial charge in [0.1, 0.15) is 11.6 Å². The van der Waals surface area contributed by atoms with E-state index in [1.807, 2.05) is 27.7 Å². The Morgan fingerprint density at radius 2 is 2.03 bits per heavy atom. The average molecular weight is 423 g/mol. The van der Waals surface area contributed by atoms with E-state index in [2.05, 4.69) is 6.58 Å². The molecular formula is C22H34N2O6. The third kappa shape index (κ3) is 2.99. The van der Waals surface area contributed by atoms with E-state index in [9.17, 15) is 24.6 Å². The fourth-order valence-electron chi connectivity index (χ4n) is 5.80. The molecule has 3 aliphatic rings. The van der Waals surface area contributed by atoms with Crippen LogP contribution in [0.4, 0.5) is 0 Å². The Hall–Kier alpha value is -1.93. The number of aliphatic carboxylic acids is 1. The molecule has 1 spiro atoms. The minimum absolute atomic E-state index is 0.289. The number of ether oxygens (including phenoxy) is 1. The summed E-state index contributed by atoms with van der Waals surface area (Å²) in [6.07, 6.45) is 2.99. The van der Waals surface area contributed by atoms with E-state index in [1.165, 1.54) is 4.90 Å². The number of aliphatic hydroxyl groups is 1. The normalized spacial score (nSPS) is 36.0. The van der Waals surface area contributed by atoms with Crippen LogP contribution in [0.15, 0.2) is 12.7 Å². The van der Waals surface area contributed by atoms with Crippen LogP contribution in [0.2, 0.25) is 0 Å². The standard InChI is InChI=1S/C22H34N2O6/c1-7-11-23(20(3,4)5)18(27)16-22-10-9-21(6,30-22)15(19(28)29)14(22)17(26)24(16)13(8-2)12-25/h7,13-16,25H,1,8-12H2,2-6H3,(H,28,29)/t13-,14-,15-,16?,21+,22?/m0/s1. The number of carbonyl (C=O) groups is 3. The summed E-state index contributed by atoms with van der Waals surface area (Å²) in [5.74, 6) is -3.73. The lowest BCUT2D eigenvalue weighted by Gasteiger charge is -2.43. The lowest BCUT2D eigenvalue weighted by molar-refractivity contribution is -0.160. The summed E-state index contributed by atoms with van der Waals surface area (Å²) < 4.78 is 6.36. The number of fused-ring (bicyclic) bond motifs is 1. The van der Waals surface area contributed by atoms with Gasteiger partial charge in [-0.25, -0.2) is 0 Å². The minimum atomic E-state index is -1.20. The number of nitrogens with zero attached hydrogens (tertiary/aromatic N) is 2. The number of likely N-dealkylation sites (tertiary alicyclic amines) is 1. The van der Waals surface area contributed by atoms with E-state index >= 15 is 0 Å². The Bertz CT molecular complexity index is 757. The van der Waals surface area contributed by atoms with Gasteiger partial charge in [0.2, 0.25) is 11.8 Å². The number of aliphatic hydroxyl groups excluding tert-OH is 1. The van der Waals surface area contributed by atoms with Gasteiger partial charge in [-0.1, -0.05) is 13.0 Å². The van der Waals surface area contributed by atoms with Crippen molar-refractivity contribution < 1.29 is 29.3 Å². The topological polar surface area (TPSA) is 107 Å². The molecule has 2 unspecified atom stereocenters. The van der Waals surface area contributed by atoms with E-state index in [-0.39, 0.29) is 19.1 Å². The van der Waals surface area contributed by atoms with Crippen LogP contribution < -0.4 is 0 Å². The fourth-order valence-corrected chi connectivity index (χ4v) is 5.80. The van der Waals surface area contributed by atoms with Crippen LogP contribution in [-0.4, -0.2) is 79.8 Å². The summed E-state index contributed by atoms with van der Waals surface area (Å²) in [4.78, 5) is 42.8. The molecule has 6 atom stereocenters. The van der Waals surface area contributed by atoms with Crippen molar-refractivity contribution in [2.24, 2.45) is 11.8 Å². The summed E-state index contributed by atoms with van der Waals surface area (Å²) in [7, 11) is 0. The van der Waals surface area contributed by atoms with Crippen molar-refractivity contribution >= 4 is 17.8 Å². The monoisotopic (exact) mass is 422 g/mol. The molecule has 0 aromatic carbocycles. The van der Waals surface area contributed by atoms with Crippen LogP contribution in [0.25, 0.3) is 0 Å². The molecule has 8 nitrogen and oxygen atoms in total. The molecule has 3 saturated heterocycles. The molecule has 0 aromatic heterocycles. The predicted octanol–water partition coefficient (Wildman–Crippen LogP) is 1.42. The molecule has 0 saturated carbocycles. The zero-order valence-electron chi connectivity index (χ0n) is 18.6. The van der Waals surface area contributed by atoms with Gasteiger partial charge in [0, 0.05) is 12.1 Å². The van der Waals surface area contributed by atoms with Crippen molar-refractivity contribution in [2.45, 2.75) is 82.7 Å². The minimum Gasteiger partial charge on any atom is -0.481 e. The second-order valence-electron chi connectivity index (χ2n) is 9.96. The van der Waals surface area contributed by atoms with Gasteiger partial charge in [0.25, 0.3) is 0 Å². The Balaban J connectivity index is 2.17. The van der Waals surface area contributed by atoms with Gasteiger partial charge in [0.05, 0.1) is 30.1 Å². The number of carbonyl (C=O) groups excluding carboxylic acids is 2. The largest absolute Gasteiger partial charge is 0.481 e. The number of hydrogen-bond donors (Lipinski definition) is 2. The number of rotatable bonds is 7. The van der Waals surface area contributed by atoms with Gasteiger partial charge in [-0.3, -0.25) is 14.4 Å². The van der Waals surface area contributed by atoms with E-state index in [4.69, 9.17) is 4.74 Å².